The van der Waals surface area contributed by atoms with E-state index in [9.17, 15) is 0 Å². The number of pyridine rings is 1. The quantitative estimate of drug-likeness (QED) is 0.619. The molecule has 1 aromatic heterocycles. The van der Waals surface area contributed by atoms with Crippen LogP contribution in [0.25, 0.3) is 0 Å². The first kappa shape index (κ1) is 8.82. The smallest absolute Gasteiger partial charge is 0.149 e. The molecule has 1 nitrogen and oxygen atoms in total. The van der Waals surface area contributed by atoms with Gasteiger partial charge in [0.25, 0.3) is 0 Å². The van der Waals surface area contributed by atoms with Crippen LogP contribution in [0, 0.1) is 13.8 Å². The molecule has 0 amide bonds. The number of aryl methyl sites for hydroxylation is 2. The minimum absolute atomic E-state index is 0.519. The van der Waals surface area contributed by atoms with Crippen LogP contribution in [0.2, 0.25) is 0 Å². The summed E-state index contributed by atoms with van der Waals surface area (Å²) in [6.07, 6.45) is 1.78. The Morgan fingerprint density at radius 2 is 1.91 bits per heavy atom. The van der Waals surface area contributed by atoms with Crippen molar-refractivity contribution in [1.82, 2.24) is 4.98 Å². The predicted molar refractivity (Wildman–Crippen MR) is 48.2 cm³/mol. The lowest BCUT2D eigenvalue weighted by molar-refractivity contribution is 1.10. The highest BCUT2D eigenvalue weighted by Gasteiger charge is 2.04. The van der Waals surface area contributed by atoms with Gasteiger partial charge in [-0.1, -0.05) is 23.2 Å². The monoisotopic (exact) mass is 189 g/mol. The van der Waals surface area contributed by atoms with E-state index in [0.29, 0.717) is 0 Å². The lowest BCUT2D eigenvalue weighted by atomic mass is 10.2. The Balaban J connectivity index is 3.05. The molecule has 0 bridgehead atoms. The topological polar surface area (TPSA) is 12.9 Å². The minimum Gasteiger partial charge on any atom is -0.258 e. The first-order valence-corrected chi connectivity index (χ1v) is 4.20. The van der Waals surface area contributed by atoms with Gasteiger partial charge in [-0.05, 0) is 31.0 Å². The zero-order chi connectivity index (χ0) is 8.43. The maximum Gasteiger partial charge on any atom is 0.149 e. The predicted octanol–water partition coefficient (Wildman–Crippen LogP) is 3.17. The second-order valence-corrected chi connectivity index (χ2v) is 3.59. The van der Waals surface area contributed by atoms with Gasteiger partial charge in [-0.2, -0.15) is 0 Å². The minimum atomic E-state index is -0.519. The van der Waals surface area contributed by atoms with Crippen LogP contribution in [-0.4, -0.2) is 4.98 Å². The van der Waals surface area contributed by atoms with E-state index in [2.05, 4.69) is 4.98 Å². The van der Waals surface area contributed by atoms with Gasteiger partial charge in [0.15, 0.2) is 0 Å². The lowest BCUT2D eigenvalue weighted by Crippen LogP contribution is -1.91. The van der Waals surface area contributed by atoms with Crippen molar-refractivity contribution in [2.75, 3.05) is 0 Å². The summed E-state index contributed by atoms with van der Waals surface area (Å²) in [7, 11) is 0. The molecule has 0 saturated carbocycles. The Kier molecular flexibility index (Phi) is 2.74. The highest BCUT2D eigenvalue weighted by atomic mass is 35.5. The molecule has 0 unspecified atom stereocenters. The Bertz CT molecular complexity index is 258. The summed E-state index contributed by atoms with van der Waals surface area (Å²) in [5.41, 5.74) is 3.04. The van der Waals surface area contributed by atoms with E-state index < -0.39 is 4.84 Å². The maximum atomic E-state index is 5.63. The number of alkyl halides is 2. The molecule has 0 saturated heterocycles. The fraction of sp³-hybridized carbons (Fsp3) is 0.375. The number of aromatic nitrogens is 1. The van der Waals surface area contributed by atoms with Crippen molar-refractivity contribution >= 4 is 23.2 Å². The van der Waals surface area contributed by atoms with Crippen molar-refractivity contribution < 1.29 is 0 Å². The maximum absolute atomic E-state index is 5.63. The van der Waals surface area contributed by atoms with Crippen molar-refractivity contribution in [2.45, 2.75) is 18.7 Å². The third-order valence-electron chi connectivity index (χ3n) is 1.62. The molecule has 0 atom stereocenters. The summed E-state index contributed by atoms with van der Waals surface area (Å²) < 4.78 is 0. The second kappa shape index (κ2) is 3.42. The van der Waals surface area contributed by atoms with Crippen LogP contribution in [0.15, 0.2) is 12.3 Å². The van der Waals surface area contributed by atoms with E-state index in [4.69, 9.17) is 23.2 Å². The van der Waals surface area contributed by atoms with Crippen molar-refractivity contribution in [3.8, 4) is 0 Å². The first-order valence-electron chi connectivity index (χ1n) is 3.32. The molecule has 0 aliphatic rings. The molecule has 1 aromatic rings. The summed E-state index contributed by atoms with van der Waals surface area (Å²) in [5, 5.41) is 0. The third-order valence-corrected chi connectivity index (χ3v) is 2.06. The van der Waals surface area contributed by atoms with Crippen LogP contribution >= 0.6 is 23.2 Å². The van der Waals surface area contributed by atoms with Crippen molar-refractivity contribution in [2.24, 2.45) is 0 Å². The Labute approximate surface area is 76.4 Å². The van der Waals surface area contributed by atoms with Gasteiger partial charge in [0, 0.05) is 6.20 Å². The highest BCUT2D eigenvalue weighted by molar-refractivity contribution is 6.43. The number of nitrogens with zero attached hydrogens (tertiary/aromatic N) is 1. The number of hydrogen-bond donors (Lipinski definition) is 0. The van der Waals surface area contributed by atoms with Gasteiger partial charge in [0.05, 0.1) is 5.69 Å². The van der Waals surface area contributed by atoms with Crippen LogP contribution in [0.4, 0.5) is 0 Å². The third kappa shape index (κ3) is 2.08. The zero-order valence-corrected chi connectivity index (χ0v) is 7.95. The van der Waals surface area contributed by atoms with Crippen LogP contribution in [0.5, 0.6) is 0 Å². The molecule has 1 rings (SSSR count). The molecule has 1 heterocycles. The van der Waals surface area contributed by atoms with Crippen LogP contribution in [0.1, 0.15) is 21.7 Å². The Morgan fingerprint density at radius 1 is 1.27 bits per heavy atom. The standard InChI is InChI=1S/C8H9Cl2N/c1-5-3-7(8(9)10)11-4-6(5)2/h3-4,8H,1-2H3. The van der Waals surface area contributed by atoms with Gasteiger partial charge in [0.2, 0.25) is 0 Å². The normalized spacial score (nSPS) is 10.6. The number of halogens is 2. The fourth-order valence-electron chi connectivity index (χ4n) is 0.765. The average Bonchev–Trinajstić information content (AvgIpc) is 1.94. The highest BCUT2D eigenvalue weighted by Crippen LogP contribution is 2.23. The molecule has 0 aliphatic heterocycles. The molecule has 0 fully saturated rings. The summed E-state index contributed by atoms with van der Waals surface area (Å²) in [6, 6.07) is 1.90. The van der Waals surface area contributed by atoms with E-state index in [-0.39, 0.29) is 0 Å². The van der Waals surface area contributed by atoms with E-state index in [0.717, 1.165) is 11.3 Å². The lowest BCUT2D eigenvalue weighted by Gasteiger charge is -2.03. The molecule has 11 heavy (non-hydrogen) atoms. The van der Waals surface area contributed by atoms with Gasteiger partial charge < -0.3 is 0 Å². The van der Waals surface area contributed by atoms with Crippen molar-refractivity contribution in [3.63, 3.8) is 0 Å². The van der Waals surface area contributed by atoms with Crippen molar-refractivity contribution in [3.05, 3.63) is 29.1 Å². The summed E-state index contributed by atoms with van der Waals surface area (Å²) >= 11 is 11.3. The summed E-state index contributed by atoms with van der Waals surface area (Å²) in [5.74, 6) is 0. The van der Waals surface area contributed by atoms with Crippen LogP contribution < -0.4 is 0 Å². The van der Waals surface area contributed by atoms with E-state index in [1.807, 2.05) is 19.9 Å². The molecule has 0 aliphatic carbocycles. The fourth-order valence-corrected chi connectivity index (χ4v) is 1.00. The van der Waals surface area contributed by atoms with E-state index >= 15 is 0 Å². The van der Waals surface area contributed by atoms with E-state index in [1.54, 1.807) is 6.20 Å². The van der Waals surface area contributed by atoms with Crippen LogP contribution in [0.3, 0.4) is 0 Å². The van der Waals surface area contributed by atoms with Gasteiger partial charge in [0.1, 0.15) is 4.84 Å². The average molecular weight is 190 g/mol. The van der Waals surface area contributed by atoms with Crippen molar-refractivity contribution in [1.29, 1.82) is 0 Å². The Morgan fingerprint density at radius 3 is 2.36 bits per heavy atom. The van der Waals surface area contributed by atoms with Crippen LogP contribution in [-0.2, 0) is 0 Å². The number of rotatable bonds is 1. The second-order valence-electron chi connectivity index (χ2n) is 2.49. The van der Waals surface area contributed by atoms with Gasteiger partial charge in [-0.15, -0.1) is 0 Å². The molecule has 0 N–H and O–H groups in total. The summed E-state index contributed by atoms with van der Waals surface area (Å²) in [4.78, 5) is 3.56. The molecular weight excluding hydrogens is 181 g/mol. The van der Waals surface area contributed by atoms with Gasteiger partial charge in [-0.3, -0.25) is 4.98 Å². The molecule has 0 radical (unpaired) electrons. The molecule has 3 heteroatoms. The summed E-state index contributed by atoms with van der Waals surface area (Å²) in [6.45, 7) is 4.01. The molecular formula is C8H9Cl2N. The molecule has 60 valence electrons. The SMILES string of the molecule is Cc1cnc(C(Cl)Cl)cc1C. The van der Waals surface area contributed by atoms with Gasteiger partial charge >= 0.3 is 0 Å². The van der Waals surface area contributed by atoms with E-state index in [1.165, 1.54) is 5.56 Å². The van der Waals surface area contributed by atoms with Gasteiger partial charge in [-0.25, -0.2) is 0 Å². The largest absolute Gasteiger partial charge is 0.258 e. The molecule has 0 spiro atoms. The molecule has 0 aromatic carbocycles. The number of hydrogen-bond acceptors (Lipinski definition) is 1. The first-order chi connectivity index (χ1) is 5.11. The Hall–Kier alpha value is -0.270. The zero-order valence-electron chi connectivity index (χ0n) is 6.44.